The van der Waals surface area contributed by atoms with Crippen molar-refractivity contribution in [2.24, 2.45) is 5.10 Å². The first-order valence-electron chi connectivity index (χ1n) is 8.01. The Morgan fingerprint density at radius 2 is 2.29 bits per heavy atom. The highest BCUT2D eigenvalue weighted by atomic mass is 35.5. The molecule has 0 spiro atoms. The minimum Gasteiger partial charge on any atom is -0.484 e. The lowest BCUT2D eigenvalue weighted by molar-refractivity contribution is -0.118. The standard InChI is InChI=1S/C17H16ClN5O3S2/c1-10-3-2-4-13(18)15(10)25-8-12-6-5-11(26-12)7-20-21-14(24)9-27-17-23-22-16(19)28-17/h2-7H,8-9H2,1H3,(H2,19,22)(H,21,24)/b20-7+. The maximum atomic E-state index is 11.8. The van der Waals surface area contributed by atoms with Gasteiger partial charge in [0.15, 0.2) is 4.34 Å². The lowest BCUT2D eigenvalue weighted by Crippen LogP contribution is -2.19. The summed E-state index contributed by atoms with van der Waals surface area (Å²) in [6, 6.07) is 9.05. The van der Waals surface area contributed by atoms with E-state index in [9.17, 15) is 4.79 Å². The Morgan fingerprint density at radius 3 is 3.04 bits per heavy atom. The highest BCUT2D eigenvalue weighted by Crippen LogP contribution is 2.28. The van der Waals surface area contributed by atoms with Crippen molar-refractivity contribution in [3.63, 3.8) is 0 Å². The number of nitrogens with zero attached hydrogens (tertiary/aromatic N) is 3. The number of hydrogen-bond acceptors (Lipinski definition) is 9. The molecule has 3 N–H and O–H groups in total. The van der Waals surface area contributed by atoms with Crippen LogP contribution in [0.1, 0.15) is 17.1 Å². The summed E-state index contributed by atoms with van der Waals surface area (Å²) in [4.78, 5) is 11.8. The molecule has 3 rings (SSSR count). The number of thioether (sulfide) groups is 1. The number of hydrogen-bond donors (Lipinski definition) is 2. The second-order valence-corrected chi connectivity index (χ2v) is 8.11. The third-order valence-corrected chi connectivity index (χ3v) is 5.52. The van der Waals surface area contributed by atoms with Gasteiger partial charge >= 0.3 is 0 Å². The van der Waals surface area contributed by atoms with E-state index < -0.39 is 0 Å². The molecule has 3 aromatic rings. The van der Waals surface area contributed by atoms with Crippen molar-refractivity contribution in [2.75, 3.05) is 11.5 Å². The second-order valence-electron chi connectivity index (χ2n) is 5.47. The summed E-state index contributed by atoms with van der Waals surface area (Å²) in [7, 11) is 0. The number of para-hydroxylation sites is 1. The Kier molecular flexibility index (Phi) is 6.90. The van der Waals surface area contributed by atoms with E-state index in [2.05, 4.69) is 20.7 Å². The Balaban J connectivity index is 1.45. The molecule has 8 nitrogen and oxygen atoms in total. The van der Waals surface area contributed by atoms with Gasteiger partial charge in [-0.1, -0.05) is 46.8 Å². The van der Waals surface area contributed by atoms with Crippen LogP contribution < -0.4 is 15.9 Å². The second kappa shape index (κ2) is 9.58. The first kappa shape index (κ1) is 20.2. The van der Waals surface area contributed by atoms with Crippen LogP contribution >= 0.6 is 34.7 Å². The Labute approximate surface area is 174 Å². The van der Waals surface area contributed by atoms with Crippen molar-refractivity contribution in [1.29, 1.82) is 0 Å². The van der Waals surface area contributed by atoms with Gasteiger partial charge in [-0.3, -0.25) is 4.79 Å². The Morgan fingerprint density at radius 1 is 1.43 bits per heavy atom. The summed E-state index contributed by atoms with van der Waals surface area (Å²) in [6.07, 6.45) is 1.41. The zero-order chi connectivity index (χ0) is 19.9. The number of aryl methyl sites for hydroxylation is 1. The first-order chi connectivity index (χ1) is 13.5. The Bertz CT molecular complexity index is 969. The van der Waals surface area contributed by atoms with E-state index in [-0.39, 0.29) is 18.3 Å². The number of nitrogens with two attached hydrogens (primary N) is 1. The molecule has 0 saturated carbocycles. The number of rotatable bonds is 8. The van der Waals surface area contributed by atoms with Crippen LogP contribution in [0.25, 0.3) is 0 Å². The summed E-state index contributed by atoms with van der Waals surface area (Å²) in [5.74, 6) is 1.59. The summed E-state index contributed by atoms with van der Waals surface area (Å²) < 4.78 is 11.9. The molecule has 0 radical (unpaired) electrons. The number of hydrazone groups is 1. The molecule has 1 aromatic carbocycles. The monoisotopic (exact) mass is 437 g/mol. The van der Waals surface area contributed by atoms with Crippen LogP contribution in [0.2, 0.25) is 5.02 Å². The van der Waals surface area contributed by atoms with E-state index in [1.54, 1.807) is 18.2 Å². The molecule has 1 amide bonds. The number of halogens is 1. The average Bonchev–Trinajstić information content (AvgIpc) is 3.28. The molecule has 11 heteroatoms. The van der Waals surface area contributed by atoms with Gasteiger partial charge < -0.3 is 14.9 Å². The third kappa shape index (κ3) is 5.72. The predicted octanol–water partition coefficient (Wildman–Crippen LogP) is 3.50. The number of nitrogens with one attached hydrogen (secondary N) is 1. The lowest BCUT2D eigenvalue weighted by atomic mass is 10.2. The molecule has 0 unspecified atom stereocenters. The van der Waals surface area contributed by atoms with E-state index in [4.69, 9.17) is 26.5 Å². The van der Waals surface area contributed by atoms with Gasteiger partial charge in [0.2, 0.25) is 5.13 Å². The van der Waals surface area contributed by atoms with Gasteiger partial charge in [-0.2, -0.15) is 5.10 Å². The van der Waals surface area contributed by atoms with Crippen LogP contribution in [0.5, 0.6) is 5.75 Å². The summed E-state index contributed by atoms with van der Waals surface area (Å²) in [5, 5.41) is 12.3. The quantitative estimate of drug-likeness (QED) is 0.314. The third-order valence-electron chi connectivity index (χ3n) is 3.33. The number of amides is 1. The van der Waals surface area contributed by atoms with Crippen LogP contribution in [-0.4, -0.2) is 28.1 Å². The molecule has 0 saturated heterocycles. The smallest absolute Gasteiger partial charge is 0.250 e. The first-order valence-corrected chi connectivity index (χ1v) is 10.2. The van der Waals surface area contributed by atoms with Crippen molar-refractivity contribution in [3.8, 4) is 5.75 Å². The fourth-order valence-corrected chi connectivity index (χ4v) is 3.80. The van der Waals surface area contributed by atoms with Crippen LogP contribution in [0, 0.1) is 6.92 Å². The number of carbonyl (C=O) groups excluding carboxylic acids is 1. The maximum Gasteiger partial charge on any atom is 0.250 e. The fourth-order valence-electron chi connectivity index (χ4n) is 2.09. The molecule has 0 atom stereocenters. The van der Waals surface area contributed by atoms with Gasteiger partial charge in [-0.15, -0.1) is 10.2 Å². The van der Waals surface area contributed by atoms with Gasteiger partial charge in [-0.25, -0.2) is 5.43 Å². The van der Waals surface area contributed by atoms with Gasteiger partial charge in [0.05, 0.1) is 17.0 Å². The van der Waals surface area contributed by atoms with E-state index in [1.807, 2.05) is 19.1 Å². The van der Waals surface area contributed by atoms with Crippen molar-refractivity contribution < 1.29 is 13.9 Å². The van der Waals surface area contributed by atoms with Crippen LogP contribution in [0.3, 0.4) is 0 Å². The molecule has 28 heavy (non-hydrogen) atoms. The van der Waals surface area contributed by atoms with Crippen molar-refractivity contribution >= 4 is 52.0 Å². The van der Waals surface area contributed by atoms with E-state index >= 15 is 0 Å². The van der Waals surface area contributed by atoms with Gasteiger partial charge in [-0.05, 0) is 30.7 Å². The minimum absolute atomic E-state index is 0.153. The molecule has 0 aliphatic carbocycles. The summed E-state index contributed by atoms with van der Waals surface area (Å²) in [6.45, 7) is 2.15. The average molecular weight is 438 g/mol. The SMILES string of the molecule is Cc1cccc(Cl)c1OCc1ccc(/C=N/NC(=O)CSc2nnc(N)s2)o1. The van der Waals surface area contributed by atoms with E-state index in [0.717, 1.165) is 5.56 Å². The zero-order valence-corrected chi connectivity index (χ0v) is 17.1. The molecule has 146 valence electrons. The van der Waals surface area contributed by atoms with Gasteiger partial charge in [0.1, 0.15) is 23.9 Å². The number of carbonyl (C=O) groups is 1. The fraction of sp³-hybridized carbons (Fsp3) is 0.176. The number of benzene rings is 1. The molecule has 2 heterocycles. The molecular weight excluding hydrogens is 422 g/mol. The topological polar surface area (TPSA) is 116 Å². The summed E-state index contributed by atoms with van der Waals surface area (Å²) >= 11 is 8.59. The van der Waals surface area contributed by atoms with Crippen molar-refractivity contribution in [1.82, 2.24) is 15.6 Å². The maximum absolute atomic E-state index is 11.8. The normalized spacial score (nSPS) is 11.1. The molecule has 0 fully saturated rings. The summed E-state index contributed by atoms with van der Waals surface area (Å²) in [5.41, 5.74) is 8.84. The molecule has 2 aromatic heterocycles. The largest absolute Gasteiger partial charge is 0.484 e. The van der Waals surface area contributed by atoms with E-state index in [1.165, 1.54) is 29.3 Å². The number of aromatic nitrogens is 2. The van der Waals surface area contributed by atoms with Gasteiger partial charge in [0, 0.05) is 0 Å². The predicted molar refractivity (Wildman–Crippen MR) is 110 cm³/mol. The van der Waals surface area contributed by atoms with Crippen molar-refractivity contribution in [2.45, 2.75) is 17.9 Å². The number of nitrogen functional groups attached to an aromatic ring is 1. The zero-order valence-electron chi connectivity index (χ0n) is 14.7. The highest BCUT2D eigenvalue weighted by Gasteiger charge is 2.08. The number of furan rings is 1. The van der Waals surface area contributed by atoms with E-state index in [0.29, 0.717) is 31.8 Å². The van der Waals surface area contributed by atoms with Crippen LogP contribution in [0.4, 0.5) is 5.13 Å². The molecular formula is C17H16ClN5O3S2. The van der Waals surface area contributed by atoms with Gasteiger partial charge in [0.25, 0.3) is 5.91 Å². The molecule has 0 aliphatic heterocycles. The highest BCUT2D eigenvalue weighted by molar-refractivity contribution is 8.01. The lowest BCUT2D eigenvalue weighted by Gasteiger charge is -2.09. The number of ether oxygens (including phenoxy) is 1. The number of anilines is 1. The van der Waals surface area contributed by atoms with Crippen LogP contribution in [0.15, 0.2) is 44.2 Å². The van der Waals surface area contributed by atoms with Crippen LogP contribution in [-0.2, 0) is 11.4 Å². The van der Waals surface area contributed by atoms with Crippen molar-refractivity contribution in [3.05, 3.63) is 52.4 Å². The molecule has 0 aliphatic rings. The Hall–Kier alpha value is -2.56. The minimum atomic E-state index is -0.278. The molecule has 0 bridgehead atoms.